The van der Waals surface area contributed by atoms with Crippen molar-refractivity contribution in [2.75, 3.05) is 13.2 Å². The number of unbranched alkanes of at least 4 members (excludes halogenated alkanes) is 37. The lowest BCUT2D eigenvalue weighted by atomic mass is 10.0. The minimum Gasteiger partial charge on any atom is -0.462 e. The molecule has 0 spiro atoms. The van der Waals surface area contributed by atoms with Gasteiger partial charge >= 0.3 is 19.8 Å². The number of allylic oxidation sites excluding steroid dienone is 2. The van der Waals surface area contributed by atoms with Crippen LogP contribution in [-0.2, 0) is 28.2 Å². The number of hydrogen-bond donors (Lipinski definition) is 2. The van der Waals surface area contributed by atoms with Crippen LogP contribution in [0.4, 0.5) is 0 Å². The lowest BCUT2D eigenvalue weighted by Gasteiger charge is -2.18. The van der Waals surface area contributed by atoms with Crippen molar-refractivity contribution in [1.29, 1.82) is 0 Å². The number of rotatable bonds is 49. The number of carbonyl (C=O) groups is 2. The van der Waals surface area contributed by atoms with Crippen molar-refractivity contribution in [3.8, 4) is 0 Å². The lowest BCUT2D eigenvalue weighted by Crippen LogP contribution is -2.29. The minimum absolute atomic E-state index is 0.215. The molecule has 0 saturated carbocycles. The Morgan fingerprint density at radius 2 is 0.700 bits per heavy atom. The van der Waals surface area contributed by atoms with E-state index >= 15 is 0 Å². The maximum absolute atomic E-state index is 12.5. The minimum atomic E-state index is -4.76. The second kappa shape index (κ2) is 47.3. The molecule has 8 nitrogen and oxygen atoms in total. The third-order valence-electron chi connectivity index (χ3n) is 11.8. The van der Waals surface area contributed by atoms with Crippen LogP contribution in [0.5, 0.6) is 0 Å². The molecule has 60 heavy (non-hydrogen) atoms. The summed E-state index contributed by atoms with van der Waals surface area (Å²) in [6.45, 7) is 3.74. The van der Waals surface area contributed by atoms with Gasteiger partial charge in [0.15, 0.2) is 6.10 Å². The SMILES string of the molecule is CCCCCCCC/C=C/CCCCCCCCCCCC(=O)O[C@H](COC(=O)CCCCCCCCCCCCCCCCCCCCCCCCC)COP(=O)(O)O. The molecule has 0 radical (unpaired) electrons. The molecule has 0 saturated heterocycles. The largest absolute Gasteiger partial charge is 0.469 e. The van der Waals surface area contributed by atoms with E-state index in [1.54, 1.807) is 0 Å². The van der Waals surface area contributed by atoms with Gasteiger partial charge in [-0.25, -0.2) is 4.57 Å². The molecule has 0 aliphatic rings. The van der Waals surface area contributed by atoms with E-state index in [0.29, 0.717) is 6.42 Å². The average molecular weight is 871 g/mol. The maximum Gasteiger partial charge on any atom is 0.469 e. The molecule has 0 fully saturated rings. The van der Waals surface area contributed by atoms with Gasteiger partial charge in [0.05, 0.1) is 6.61 Å². The molecule has 9 heteroatoms. The fourth-order valence-electron chi connectivity index (χ4n) is 7.90. The van der Waals surface area contributed by atoms with E-state index in [0.717, 1.165) is 38.5 Å². The average Bonchev–Trinajstić information content (AvgIpc) is 3.22. The first kappa shape index (κ1) is 58.8. The van der Waals surface area contributed by atoms with Crippen molar-refractivity contribution < 1.29 is 37.9 Å². The summed E-state index contributed by atoms with van der Waals surface area (Å²) in [5, 5.41) is 0. The number of ether oxygens (including phenoxy) is 2. The van der Waals surface area contributed by atoms with Crippen molar-refractivity contribution in [2.45, 2.75) is 290 Å². The summed E-state index contributed by atoms with van der Waals surface area (Å²) < 4.78 is 26.5. The number of hydrogen-bond acceptors (Lipinski definition) is 6. The molecule has 0 aliphatic carbocycles. The van der Waals surface area contributed by atoms with Gasteiger partial charge in [-0.05, 0) is 38.5 Å². The summed E-state index contributed by atoms with van der Waals surface area (Å²) >= 11 is 0. The molecule has 356 valence electrons. The van der Waals surface area contributed by atoms with Crippen LogP contribution < -0.4 is 0 Å². The highest BCUT2D eigenvalue weighted by Crippen LogP contribution is 2.36. The van der Waals surface area contributed by atoms with E-state index in [-0.39, 0.29) is 19.4 Å². The maximum atomic E-state index is 12.5. The van der Waals surface area contributed by atoms with Gasteiger partial charge in [0, 0.05) is 12.8 Å². The molecule has 0 aliphatic heterocycles. The highest BCUT2D eigenvalue weighted by atomic mass is 31.2. The Morgan fingerprint density at radius 1 is 0.417 bits per heavy atom. The monoisotopic (exact) mass is 871 g/mol. The second-order valence-electron chi connectivity index (χ2n) is 17.9. The van der Waals surface area contributed by atoms with Crippen molar-refractivity contribution in [3.05, 3.63) is 12.2 Å². The molecule has 0 aromatic rings. The van der Waals surface area contributed by atoms with E-state index in [4.69, 9.17) is 19.3 Å². The smallest absolute Gasteiger partial charge is 0.462 e. The number of phosphoric ester groups is 1. The summed E-state index contributed by atoms with van der Waals surface area (Å²) in [6.07, 6.45) is 55.2. The molecule has 0 aromatic carbocycles. The van der Waals surface area contributed by atoms with Crippen LogP contribution in [0.15, 0.2) is 12.2 Å². The van der Waals surface area contributed by atoms with Gasteiger partial charge in [-0.1, -0.05) is 244 Å². The zero-order valence-corrected chi connectivity index (χ0v) is 40.5. The highest BCUT2D eigenvalue weighted by molar-refractivity contribution is 7.46. The fraction of sp³-hybridized carbons (Fsp3) is 0.922. The third-order valence-corrected chi connectivity index (χ3v) is 12.3. The molecule has 0 rings (SSSR count). The van der Waals surface area contributed by atoms with E-state index in [2.05, 4.69) is 30.5 Å². The summed E-state index contributed by atoms with van der Waals surface area (Å²) in [7, 11) is -4.76. The number of phosphoric acid groups is 1. The zero-order chi connectivity index (χ0) is 43.9. The van der Waals surface area contributed by atoms with Crippen molar-refractivity contribution in [3.63, 3.8) is 0 Å². The second-order valence-corrected chi connectivity index (χ2v) is 19.1. The van der Waals surface area contributed by atoms with Gasteiger partial charge in [-0.2, -0.15) is 0 Å². The first-order valence-electron chi connectivity index (χ1n) is 26.0. The topological polar surface area (TPSA) is 119 Å². The quantitative estimate of drug-likeness (QED) is 0.0268. The molecule has 1 atom stereocenters. The normalized spacial score (nSPS) is 12.4. The van der Waals surface area contributed by atoms with E-state index in [1.807, 2.05) is 0 Å². The van der Waals surface area contributed by atoms with E-state index in [9.17, 15) is 14.2 Å². The predicted octanol–water partition coefficient (Wildman–Crippen LogP) is 16.5. The Labute approximate surface area is 371 Å². The zero-order valence-electron chi connectivity index (χ0n) is 39.6. The summed E-state index contributed by atoms with van der Waals surface area (Å²) in [6, 6.07) is 0. The van der Waals surface area contributed by atoms with Gasteiger partial charge < -0.3 is 19.3 Å². The molecule has 2 N–H and O–H groups in total. The Morgan fingerprint density at radius 3 is 1.02 bits per heavy atom. The summed E-state index contributed by atoms with van der Waals surface area (Å²) in [5.74, 6) is -0.868. The fourth-order valence-corrected chi connectivity index (χ4v) is 8.26. The molecule has 0 bridgehead atoms. The molecule has 0 aromatic heterocycles. The van der Waals surface area contributed by atoms with Crippen LogP contribution in [0.2, 0.25) is 0 Å². The van der Waals surface area contributed by atoms with Gasteiger partial charge in [-0.3, -0.25) is 14.1 Å². The van der Waals surface area contributed by atoms with Crippen molar-refractivity contribution in [2.24, 2.45) is 0 Å². The van der Waals surface area contributed by atoms with Crippen LogP contribution in [0.25, 0.3) is 0 Å². The lowest BCUT2D eigenvalue weighted by molar-refractivity contribution is -0.161. The van der Waals surface area contributed by atoms with Gasteiger partial charge in [-0.15, -0.1) is 0 Å². The Balaban J connectivity index is 3.76. The predicted molar refractivity (Wildman–Crippen MR) is 253 cm³/mol. The van der Waals surface area contributed by atoms with Gasteiger partial charge in [0.1, 0.15) is 6.61 Å². The number of carbonyl (C=O) groups excluding carboxylic acids is 2. The van der Waals surface area contributed by atoms with Crippen LogP contribution in [-0.4, -0.2) is 41.0 Å². The van der Waals surface area contributed by atoms with E-state index in [1.165, 1.54) is 212 Å². The standard InChI is InChI=1S/C51H99O8P/c1-3-5-7-9-11-13-15-17-19-21-23-24-25-26-28-29-31-33-35-37-39-41-43-45-50(52)57-47-49(48-58-60(54,55)56)59-51(53)46-44-42-40-38-36-34-32-30-27-22-20-18-16-14-12-10-8-6-4-2/h18,20,49H,3-17,19,21-48H2,1-2H3,(H2,54,55,56)/b20-18+/t49-/m1/s1. The van der Waals surface area contributed by atoms with Crippen molar-refractivity contribution in [1.82, 2.24) is 0 Å². The van der Waals surface area contributed by atoms with Gasteiger partial charge in [0.2, 0.25) is 0 Å². The molecular weight excluding hydrogens is 772 g/mol. The summed E-state index contributed by atoms with van der Waals surface area (Å²) in [5.41, 5.74) is 0. The molecule has 0 amide bonds. The van der Waals surface area contributed by atoms with Crippen LogP contribution in [0.1, 0.15) is 284 Å². The summed E-state index contributed by atoms with van der Waals surface area (Å²) in [4.78, 5) is 43.1. The Bertz CT molecular complexity index is 982. The Kier molecular flexibility index (Phi) is 46.3. The number of esters is 2. The molecule has 0 unspecified atom stereocenters. The third kappa shape index (κ3) is 49.4. The van der Waals surface area contributed by atoms with Crippen molar-refractivity contribution >= 4 is 19.8 Å². The molecular formula is C51H99O8P. The van der Waals surface area contributed by atoms with Crippen LogP contribution in [0.3, 0.4) is 0 Å². The van der Waals surface area contributed by atoms with E-state index < -0.39 is 32.5 Å². The van der Waals surface area contributed by atoms with Gasteiger partial charge in [0.25, 0.3) is 0 Å². The first-order chi connectivity index (χ1) is 29.3. The van der Waals surface area contributed by atoms with Crippen LogP contribution in [0, 0.1) is 0 Å². The highest BCUT2D eigenvalue weighted by Gasteiger charge is 2.23. The van der Waals surface area contributed by atoms with Crippen LogP contribution >= 0.6 is 7.82 Å². The molecule has 0 heterocycles. The Hall–Kier alpha value is -1.21. The first-order valence-corrected chi connectivity index (χ1v) is 27.5.